The number of amides is 2. The van der Waals surface area contributed by atoms with Crippen molar-refractivity contribution in [1.82, 2.24) is 19.5 Å². The number of ether oxygens (including phenoxy) is 1. The molecule has 4 aliphatic carbocycles. The minimum absolute atomic E-state index is 0.0147. The van der Waals surface area contributed by atoms with Gasteiger partial charge in [0.1, 0.15) is 5.75 Å². The molecule has 2 N–H and O–H groups in total. The van der Waals surface area contributed by atoms with Crippen LogP contribution in [0, 0.1) is 5.92 Å². The summed E-state index contributed by atoms with van der Waals surface area (Å²) in [5.41, 5.74) is 6.66. The number of aromatic nitrogens is 1. The van der Waals surface area contributed by atoms with Crippen molar-refractivity contribution in [1.29, 1.82) is 0 Å². The lowest BCUT2D eigenvalue weighted by molar-refractivity contribution is -0.138. The van der Waals surface area contributed by atoms with Gasteiger partial charge >= 0.3 is 0 Å². The van der Waals surface area contributed by atoms with Crippen molar-refractivity contribution < 1.29 is 22.7 Å². The molecule has 1 aromatic carbocycles. The van der Waals surface area contributed by atoms with Crippen LogP contribution in [0.1, 0.15) is 101 Å². The molecule has 1 spiro atoms. The number of carbonyl (C=O) groups excluding carboxylic acids is 2. The number of hydrogen-bond acceptors (Lipinski definition) is 6. The number of carbonyl (C=O) groups is 2. The highest BCUT2D eigenvalue weighted by Gasteiger charge is 2.49. The molecule has 1 unspecified atom stereocenters. The highest BCUT2D eigenvalue weighted by molar-refractivity contribution is 7.90. The highest BCUT2D eigenvalue weighted by atomic mass is 32.2. The minimum Gasteiger partial charge on any atom is -0.496 e. The molecular weight excluding hydrogens is 625 g/mol. The topological polar surface area (TPSA) is 110 Å². The number of nitrogens with one attached hydrogen (secondary N) is 2. The number of nitrogens with zero attached hydrogens (tertiary/aromatic N) is 2. The Labute approximate surface area is 283 Å². The second kappa shape index (κ2) is 12.2. The van der Waals surface area contributed by atoms with Crippen molar-refractivity contribution in [3.63, 3.8) is 0 Å². The van der Waals surface area contributed by atoms with Crippen LogP contribution in [0.4, 0.5) is 0 Å². The zero-order chi connectivity index (χ0) is 33.2. The Kier molecular flexibility index (Phi) is 8.10. The molecule has 1 aromatic heterocycles. The summed E-state index contributed by atoms with van der Waals surface area (Å²) in [6, 6.07) is 6.56. The summed E-state index contributed by atoms with van der Waals surface area (Å²) < 4.78 is 36.1. The van der Waals surface area contributed by atoms with Crippen LogP contribution in [0.15, 0.2) is 52.6 Å². The summed E-state index contributed by atoms with van der Waals surface area (Å²) in [5, 5.41) is 4.80. The molecule has 8 rings (SSSR count). The fourth-order valence-corrected chi connectivity index (χ4v) is 10.8. The summed E-state index contributed by atoms with van der Waals surface area (Å²) >= 11 is 0. The first-order chi connectivity index (χ1) is 23.2. The first-order valence-corrected chi connectivity index (χ1v) is 19.8. The predicted molar refractivity (Wildman–Crippen MR) is 186 cm³/mol. The van der Waals surface area contributed by atoms with Gasteiger partial charge in [-0.25, -0.2) is 13.1 Å². The molecule has 48 heavy (non-hydrogen) atoms. The van der Waals surface area contributed by atoms with E-state index >= 15 is 0 Å². The second-order valence-corrected chi connectivity index (χ2v) is 16.8. The molecule has 6 aliphatic rings. The van der Waals surface area contributed by atoms with Gasteiger partial charge in [0.05, 0.1) is 29.9 Å². The summed E-state index contributed by atoms with van der Waals surface area (Å²) in [7, 11) is -2.03. The zero-order valence-corrected chi connectivity index (χ0v) is 29.1. The van der Waals surface area contributed by atoms with Crippen LogP contribution in [0.2, 0.25) is 0 Å². The van der Waals surface area contributed by atoms with Crippen molar-refractivity contribution >= 4 is 32.7 Å². The van der Waals surface area contributed by atoms with Gasteiger partial charge in [-0.1, -0.05) is 57.2 Å². The van der Waals surface area contributed by atoms with Crippen LogP contribution in [-0.2, 0) is 26.2 Å². The summed E-state index contributed by atoms with van der Waals surface area (Å²) in [6.07, 6.45) is 15.8. The van der Waals surface area contributed by atoms with Gasteiger partial charge in [0.2, 0.25) is 15.9 Å². The van der Waals surface area contributed by atoms with Gasteiger partial charge in [-0.05, 0) is 78.9 Å². The van der Waals surface area contributed by atoms with Crippen LogP contribution in [0.5, 0.6) is 5.75 Å². The number of allylic oxidation sites excluding steroid dienone is 4. The van der Waals surface area contributed by atoms with E-state index < -0.39 is 15.9 Å². The number of benzene rings is 1. The van der Waals surface area contributed by atoms with E-state index in [4.69, 9.17) is 4.74 Å². The Morgan fingerprint density at radius 1 is 1.10 bits per heavy atom. The Bertz CT molecular complexity index is 1870. The van der Waals surface area contributed by atoms with E-state index in [-0.39, 0.29) is 29.0 Å². The SMILES string of the molecule is CCCS(=O)(=O)NC(=O)C1=C2Cn3c(cc4c(OC)ccc(C5CCCCC5)c43)C3C(=C21)C=CC[C@H]3C(=O)N1CCNC2(CCCC2)C1. The maximum atomic E-state index is 14.8. The largest absolute Gasteiger partial charge is 0.496 e. The summed E-state index contributed by atoms with van der Waals surface area (Å²) in [4.78, 5) is 30.5. The van der Waals surface area contributed by atoms with Crippen molar-refractivity contribution in [2.75, 3.05) is 32.5 Å². The van der Waals surface area contributed by atoms with Crippen LogP contribution < -0.4 is 14.8 Å². The molecule has 256 valence electrons. The smallest absolute Gasteiger partial charge is 0.265 e. The molecule has 1 saturated heterocycles. The molecule has 2 atom stereocenters. The Hall–Kier alpha value is -3.37. The van der Waals surface area contributed by atoms with E-state index in [2.05, 4.69) is 49.9 Å². The van der Waals surface area contributed by atoms with E-state index in [1.54, 1.807) is 14.0 Å². The monoisotopic (exact) mass is 672 g/mol. The van der Waals surface area contributed by atoms with Gasteiger partial charge in [-0.2, -0.15) is 0 Å². The third-order valence-corrected chi connectivity index (χ3v) is 13.4. The Morgan fingerprint density at radius 2 is 1.90 bits per heavy atom. The van der Waals surface area contributed by atoms with E-state index in [0.717, 1.165) is 77.8 Å². The van der Waals surface area contributed by atoms with Crippen LogP contribution >= 0.6 is 0 Å². The molecule has 2 aromatic rings. The molecular formula is C38H48N4O5S. The van der Waals surface area contributed by atoms with Crippen molar-refractivity contribution in [3.8, 4) is 5.75 Å². The van der Waals surface area contributed by atoms with E-state index in [0.29, 0.717) is 37.4 Å². The van der Waals surface area contributed by atoms with E-state index in [1.165, 1.54) is 37.7 Å². The maximum Gasteiger partial charge on any atom is 0.265 e. The molecule has 10 heteroatoms. The maximum absolute atomic E-state index is 14.8. The normalized spacial score (nSPS) is 25.2. The van der Waals surface area contributed by atoms with Crippen molar-refractivity contribution in [2.24, 2.45) is 5.92 Å². The van der Waals surface area contributed by atoms with Gasteiger partial charge < -0.3 is 19.5 Å². The molecule has 3 fully saturated rings. The number of hydrogen-bond donors (Lipinski definition) is 2. The quantitative estimate of drug-likeness (QED) is 0.398. The first kappa shape index (κ1) is 31.9. The van der Waals surface area contributed by atoms with E-state index in [1.807, 2.05) is 0 Å². The molecule has 9 nitrogen and oxygen atoms in total. The third kappa shape index (κ3) is 5.34. The van der Waals surface area contributed by atoms with Crippen LogP contribution in [0.3, 0.4) is 0 Å². The highest BCUT2D eigenvalue weighted by Crippen LogP contribution is 2.55. The molecule has 2 amide bonds. The van der Waals surface area contributed by atoms with E-state index in [9.17, 15) is 18.0 Å². The molecule has 2 aliphatic heterocycles. The lowest BCUT2D eigenvalue weighted by Crippen LogP contribution is -2.61. The van der Waals surface area contributed by atoms with Crippen molar-refractivity contribution in [2.45, 2.75) is 101 Å². The van der Waals surface area contributed by atoms with Gasteiger partial charge in [0, 0.05) is 48.7 Å². The summed E-state index contributed by atoms with van der Waals surface area (Å²) in [6.45, 7) is 4.48. The lowest BCUT2D eigenvalue weighted by Gasteiger charge is -2.44. The zero-order valence-electron chi connectivity index (χ0n) is 28.3. The predicted octanol–water partition coefficient (Wildman–Crippen LogP) is 5.58. The first-order valence-electron chi connectivity index (χ1n) is 18.2. The van der Waals surface area contributed by atoms with Gasteiger partial charge in [0.15, 0.2) is 0 Å². The average Bonchev–Trinajstić information content (AvgIpc) is 3.48. The fourth-order valence-electron chi connectivity index (χ4n) is 9.79. The lowest BCUT2D eigenvalue weighted by atomic mass is 9.75. The number of rotatable bonds is 7. The van der Waals surface area contributed by atoms with Gasteiger partial charge in [-0.15, -0.1) is 0 Å². The number of piperazine rings is 1. The molecule has 3 heterocycles. The number of methoxy groups -OCH3 is 1. The summed E-state index contributed by atoms with van der Waals surface area (Å²) in [5.74, 6) is 0.166. The van der Waals surface area contributed by atoms with Crippen LogP contribution in [0.25, 0.3) is 10.9 Å². The van der Waals surface area contributed by atoms with Crippen LogP contribution in [-0.4, -0.2) is 67.7 Å². The average molecular weight is 673 g/mol. The van der Waals surface area contributed by atoms with Gasteiger partial charge in [-0.3, -0.25) is 9.59 Å². The Morgan fingerprint density at radius 3 is 2.65 bits per heavy atom. The van der Waals surface area contributed by atoms with Crippen molar-refractivity contribution in [3.05, 3.63) is 63.9 Å². The number of sulfonamides is 1. The third-order valence-electron chi connectivity index (χ3n) is 12.0. The van der Waals surface area contributed by atoms with Gasteiger partial charge in [0.25, 0.3) is 5.91 Å². The fraction of sp³-hybridized carbons (Fsp3) is 0.579. The Balaban J connectivity index is 1.27. The second-order valence-electron chi connectivity index (χ2n) is 14.9. The standard InChI is InChI=1S/C38H48N4O5S/c1-3-20-48(45,46)40-36(43)34-29-22-42-30(21-28-31(47-2)15-14-25(35(28)42)24-10-5-4-6-11-24)32-26(33(29)34)12-9-13-27(32)37(44)41-19-18-39-38(23-41)16-7-8-17-38/h9,12,14-15,21,24,27,32,39H,3-8,10-11,13,16-20,22-23H2,1-2H3,(H,40,43)/t27-,32?/m1/s1. The number of fused-ring (bicyclic) bond motifs is 6. The molecule has 0 radical (unpaired) electrons. The molecule has 2 saturated carbocycles. The minimum atomic E-state index is -3.75. The molecule has 0 bridgehead atoms.